The Morgan fingerprint density at radius 1 is 1.31 bits per heavy atom. The van der Waals surface area contributed by atoms with Crippen LogP contribution in [-0.2, 0) is 6.42 Å². The minimum absolute atomic E-state index is 0.300. The maximum Gasteiger partial charge on any atom is 0.191 e. The Bertz CT molecular complexity index is 852. The van der Waals surface area contributed by atoms with Crippen molar-refractivity contribution in [2.45, 2.75) is 39.2 Å². The summed E-state index contributed by atoms with van der Waals surface area (Å²) in [5, 5.41) is 16.4. The fraction of sp³-hybridized carbons (Fsp3) is 0.435. The molecule has 1 aliphatic rings. The van der Waals surface area contributed by atoms with Gasteiger partial charge in [0.1, 0.15) is 6.07 Å². The number of guanidine groups is 1. The third kappa shape index (κ3) is 5.95. The van der Waals surface area contributed by atoms with Crippen LogP contribution in [0.3, 0.4) is 0 Å². The number of benzene rings is 1. The third-order valence-electron chi connectivity index (χ3n) is 5.11. The van der Waals surface area contributed by atoms with Gasteiger partial charge in [0.15, 0.2) is 5.96 Å². The van der Waals surface area contributed by atoms with E-state index in [1.54, 1.807) is 0 Å². The average molecular weight is 391 g/mol. The van der Waals surface area contributed by atoms with Gasteiger partial charge in [-0.3, -0.25) is 9.98 Å². The van der Waals surface area contributed by atoms with Crippen molar-refractivity contribution in [3.8, 4) is 6.07 Å². The van der Waals surface area contributed by atoms with Gasteiger partial charge in [0.25, 0.3) is 0 Å². The number of nitrogens with one attached hydrogen (secondary N) is 2. The lowest BCUT2D eigenvalue weighted by Gasteiger charge is -2.35. The SMILES string of the molecule is CCNC(=NCCc1ccc(C)nc1)NC1CCCN(c2ccccc2C#N)C1. The number of hydrogen-bond acceptors (Lipinski definition) is 4. The molecule has 0 aliphatic carbocycles. The van der Waals surface area contributed by atoms with Crippen molar-refractivity contribution in [3.63, 3.8) is 0 Å². The lowest BCUT2D eigenvalue weighted by Crippen LogP contribution is -2.51. The first-order valence-corrected chi connectivity index (χ1v) is 10.4. The highest BCUT2D eigenvalue weighted by Crippen LogP contribution is 2.23. The zero-order valence-electron chi connectivity index (χ0n) is 17.4. The molecule has 6 nitrogen and oxygen atoms in total. The van der Waals surface area contributed by atoms with E-state index in [0.717, 1.165) is 61.8 Å². The van der Waals surface area contributed by atoms with Crippen LogP contribution in [0.5, 0.6) is 0 Å². The van der Waals surface area contributed by atoms with Crippen LogP contribution >= 0.6 is 0 Å². The van der Waals surface area contributed by atoms with Gasteiger partial charge in [0, 0.05) is 44.1 Å². The molecule has 2 N–H and O–H groups in total. The molecule has 0 bridgehead atoms. The van der Waals surface area contributed by atoms with Crippen molar-refractivity contribution < 1.29 is 0 Å². The molecule has 2 aromatic rings. The molecule has 1 aromatic carbocycles. The summed E-state index contributed by atoms with van der Waals surface area (Å²) in [7, 11) is 0. The fourth-order valence-corrected chi connectivity index (χ4v) is 3.61. The Morgan fingerprint density at radius 3 is 2.93 bits per heavy atom. The standard InChI is InChI=1S/C23H30N6/c1-3-25-23(26-13-12-19-11-10-18(2)27-16-19)28-21-8-6-14-29(17-21)22-9-5-4-7-20(22)15-24/h4-5,7,9-11,16,21H,3,6,8,12-14,17H2,1-2H3,(H2,25,26,28). The van der Waals surface area contributed by atoms with Gasteiger partial charge in [-0.05, 0) is 56.9 Å². The number of anilines is 1. The fourth-order valence-electron chi connectivity index (χ4n) is 3.61. The van der Waals surface area contributed by atoms with E-state index in [-0.39, 0.29) is 0 Å². The Morgan fingerprint density at radius 2 is 2.17 bits per heavy atom. The summed E-state index contributed by atoms with van der Waals surface area (Å²) in [5.41, 5.74) is 4.00. The normalized spacial score (nSPS) is 16.9. The highest BCUT2D eigenvalue weighted by Gasteiger charge is 2.22. The molecule has 1 aromatic heterocycles. The summed E-state index contributed by atoms with van der Waals surface area (Å²) < 4.78 is 0. The van der Waals surface area contributed by atoms with Crippen LogP contribution in [0.25, 0.3) is 0 Å². The molecule has 2 heterocycles. The lowest BCUT2D eigenvalue weighted by atomic mass is 10.0. The molecule has 0 amide bonds. The molecule has 3 rings (SSSR count). The van der Waals surface area contributed by atoms with E-state index >= 15 is 0 Å². The average Bonchev–Trinajstić information content (AvgIpc) is 2.75. The number of pyridine rings is 1. The van der Waals surface area contributed by atoms with E-state index in [9.17, 15) is 5.26 Å². The minimum atomic E-state index is 0.300. The van der Waals surface area contributed by atoms with Crippen molar-refractivity contribution in [3.05, 3.63) is 59.4 Å². The van der Waals surface area contributed by atoms with Gasteiger partial charge >= 0.3 is 0 Å². The van der Waals surface area contributed by atoms with E-state index in [1.165, 1.54) is 5.56 Å². The van der Waals surface area contributed by atoms with Crippen molar-refractivity contribution in [2.75, 3.05) is 31.1 Å². The first-order chi connectivity index (χ1) is 14.2. The highest BCUT2D eigenvalue weighted by molar-refractivity contribution is 5.80. The maximum absolute atomic E-state index is 9.41. The number of aryl methyl sites for hydroxylation is 1. The van der Waals surface area contributed by atoms with Gasteiger partial charge in [-0.1, -0.05) is 18.2 Å². The molecule has 6 heteroatoms. The third-order valence-corrected chi connectivity index (χ3v) is 5.11. The zero-order chi connectivity index (χ0) is 20.5. The number of aliphatic imine (C=N–C) groups is 1. The van der Waals surface area contributed by atoms with Crippen molar-refractivity contribution in [1.82, 2.24) is 15.6 Å². The first-order valence-electron chi connectivity index (χ1n) is 10.4. The van der Waals surface area contributed by atoms with E-state index < -0.39 is 0 Å². The van der Waals surface area contributed by atoms with E-state index in [2.05, 4.69) is 39.6 Å². The smallest absolute Gasteiger partial charge is 0.191 e. The minimum Gasteiger partial charge on any atom is -0.368 e. The predicted octanol–water partition coefficient (Wildman–Crippen LogP) is 3.03. The van der Waals surface area contributed by atoms with Gasteiger partial charge in [-0.15, -0.1) is 0 Å². The number of nitrogens with zero attached hydrogens (tertiary/aromatic N) is 4. The van der Waals surface area contributed by atoms with Crippen LogP contribution < -0.4 is 15.5 Å². The molecule has 0 spiro atoms. The van der Waals surface area contributed by atoms with Crippen LogP contribution in [-0.4, -0.2) is 43.2 Å². The van der Waals surface area contributed by atoms with E-state index in [1.807, 2.05) is 43.5 Å². The summed E-state index contributed by atoms with van der Waals surface area (Å²) in [6.07, 6.45) is 4.98. The van der Waals surface area contributed by atoms with Crippen molar-refractivity contribution in [1.29, 1.82) is 5.26 Å². The highest BCUT2D eigenvalue weighted by atomic mass is 15.2. The quantitative estimate of drug-likeness (QED) is 0.586. The maximum atomic E-state index is 9.41. The van der Waals surface area contributed by atoms with Gasteiger partial charge in [-0.25, -0.2) is 0 Å². The summed E-state index contributed by atoms with van der Waals surface area (Å²) in [6.45, 7) is 7.46. The molecular formula is C23H30N6. The van der Waals surface area contributed by atoms with Crippen molar-refractivity contribution in [2.24, 2.45) is 4.99 Å². The van der Waals surface area contributed by atoms with Crippen LogP contribution in [0, 0.1) is 18.3 Å². The molecule has 1 fully saturated rings. The predicted molar refractivity (Wildman–Crippen MR) is 118 cm³/mol. The second-order valence-corrected chi connectivity index (χ2v) is 7.38. The molecule has 1 aliphatic heterocycles. The summed E-state index contributed by atoms with van der Waals surface area (Å²) >= 11 is 0. The molecule has 1 unspecified atom stereocenters. The van der Waals surface area contributed by atoms with Crippen LogP contribution in [0.15, 0.2) is 47.6 Å². The molecule has 0 radical (unpaired) electrons. The Balaban J connectivity index is 1.60. The van der Waals surface area contributed by atoms with E-state index in [4.69, 9.17) is 4.99 Å². The number of hydrogen-bond donors (Lipinski definition) is 2. The van der Waals surface area contributed by atoms with Gasteiger partial charge in [0.2, 0.25) is 0 Å². The molecule has 1 atom stereocenters. The second-order valence-electron chi connectivity index (χ2n) is 7.38. The lowest BCUT2D eigenvalue weighted by molar-refractivity contribution is 0.468. The number of rotatable bonds is 6. The van der Waals surface area contributed by atoms with Gasteiger partial charge in [0.05, 0.1) is 11.3 Å². The molecule has 1 saturated heterocycles. The first kappa shape index (κ1) is 20.7. The van der Waals surface area contributed by atoms with Crippen LogP contribution in [0.1, 0.15) is 36.6 Å². The summed E-state index contributed by atoms with van der Waals surface area (Å²) in [6, 6.07) is 14.6. The topological polar surface area (TPSA) is 76.3 Å². The molecular weight excluding hydrogens is 360 g/mol. The molecule has 152 valence electrons. The number of aromatic nitrogens is 1. The Labute approximate surface area is 173 Å². The molecule has 29 heavy (non-hydrogen) atoms. The summed E-state index contributed by atoms with van der Waals surface area (Å²) in [5.74, 6) is 0.855. The van der Waals surface area contributed by atoms with Gasteiger partial charge in [-0.2, -0.15) is 5.26 Å². The van der Waals surface area contributed by atoms with Crippen molar-refractivity contribution >= 4 is 11.6 Å². The van der Waals surface area contributed by atoms with Crippen LogP contribution in [0.2, 0.25) is 0 Å². The second kappa shape index (κ2) is 10.5. The monoisotopic (exact) mass is 390 g/mol. The zero-order valence-corrected chi connectivity index (χ0v) is 17.4. The molecule has 0 saturated carbocycles. The Hall–Kier alpha value is -3.07. The number of piperidine rings is 1. The summed E-state index contributed by atoms with van der Waals surface area (Å²) in [4.78, 5) is 11.4. The van der Waals surface area contributed by atoms with E-state index in [0.29, 0.717) is 12.6 Å². The van der Waals surface area contributed by atoms with Crippen LogP contribution in [0.4, 0.5) is 5.69 Å². The number of para-hydroxylation sites is 1. The number of nitriles is 1. The largest absolute Gasteiger partial charge is 0.368 e. The van der Waals surface area contributed by atoms with Gasteiger partial charge < -0.3 is 15.5 Å². The Kier molecular flexibility index (Phi) is 7.46.